The highest BCUT2D eigenvalue weighted by atomic mass is 32.2. The van der Waals surface area contributed by atoms with Gasteiger partial charge in [-0.3, -0.25) is 4.79 Å². The molecule has 1 aromatic carbocycles. The molecule has 3 heteroatoms. The first kappa shape index (κ1) is 13.8. The number of carboxylic acid groups (broad SMARTS) is 1. The van der Waals surface area contributed by atoms with Crippen LogP contribution in [0, 0.1) is 6.92 Å². The Morgan fingerprint density at radius 2 is 1.76 bits per heavy atom. The second-order valence-electron chi connectivity index (χ2n) is 4.23. The SMILES string of the molecule is C/C(CSc1ccc(C)cc1)=C(\C)CC(=O)O. The molecule has 0 unspecified atom stereocenters. The molecule has 1 N–H and O–H groups in total. The molecule has 1 rings (SSSR count). The van der Waals surface area contributed by atoms with Gasteiger partial charge in [-0.1, -0.05) is 28.8 Å². The molecule has 0 atom stereocenters. The molecule has 0 aliphatic rings. The predicted molar refractivity (Wildman–Crippen MR) is 72.5 cm³/mol. The molecule has 17 heavy (non-hydrogen) atoms. The summed E-state index contributed by atoms with van der Waals surface area (Å²) in [5.74, 6) is 0.0875. The minimum Gasteiger partial charge on any atom is -0.481 e. The summed E-state index contributed by atoms with van der Waals surface area (Å²) in [6, 6.07) is 8.37. The minimum absolute atomic E-state index is 0.139. The summed E-state index contributed by atoms with van der Waals surface area (Å²) in [6.07, 6.45) is 0.139. The second kappa shape index (κ2) is 6.50. The van der Waals surface area contributed by atoms with Crippen LogP contribution in [0.4, 0.5) is 0 Å². The van der Waals surface area contributed by atoms with E-state index >= 15 is 0 Å². The Morgan fingerprint density at radius 3 is 2.29 bits per heavy atom. The van der Waals surface area contributed by atoms with Gasteiger partial charge in [0.05, 0.1) is 6.42 Å². The van der Waals surface area contributed by atoms with Crippen molar-refractivity contribution in [1.82, 2.24) is 0 Å². The summed E-state index contributed by atoms with van der Waals surface area (Å²) in [5, 5.41) is 8.71. The summed E-state index contributed by atoms with van der Waals surface area (Å²) in [4.78, 5) is 11.8. The lowest BCUT2D eigenvalue weighted by Crippen LogP contribution is -1.98. The third-order valence-electron chi connectivity index (χ3n) is 2.62. The Morgan fingerprint density at radius 1 is 1.18 bits per heavy atom. The Bertz CT molecular complexity index is 418. The molecular weight excluding hydrogens is 232 g/mol. The van der Waals surface area contributed by atoms with Crippen LogP contribution in [0.5, 0.6) is 0 Å². The minimum atomic E-state index is -0.762. The van der Waals surface area contributed by atoms with Gasteiger partial charge in [-0.2, -0.15) is 0 Å². The van der Waals surface area contributed by atoms with Gasteiger partial charge in [0.25, 0.3) is 0 Å². The van der Waals surface area contributed by atoms with E-state index in [1.165, 1.54) is 10.5 Å². The molecule has 92 valence electrons. The number of thioether (sulfide) groups is 1. The monoisotopic (exact) mass is 250 g/mol. The molecular formula is C14H18O2S. The van der Waals surface area contributed by atoms with Crippen molar-refractivity contribution in [3.63, 3.8) is 0 Å². The van der Waals surface area contributed by atoms with Crippen LogP contribution in [0.15, 0.2) is 40.3 Å². The first-order chi connectivity index (χ1) is 7.99. The zero-order valence-corrected chi connectivity index (χ0v) is 11.3. The molecule has 0 saturated heterocycles. The maximum absolute atomic E-state index is 10.6. The number of hydrogen-bond acceptors (Lipinski definition) is 2. The normalized spacial score (nSPS) is 12.2. The molecule has 0 fully saturated rings. The van der Waals surface area contributed by atoms with Crippen LogP contribution in [-0.2, 0) is 4.79 Å². The number of aryl methyl sites for hydroxylation is 1. The summed E-state index contributed by atoms with van der Waals surface area (Å²) in [7, 11) is 0. The Kier molecular flexibility index (Phi) is 5.29. The molecule has 0 radical (unpaired) electrons. The number of aliphatic carboxylic acids is 1. The fourth-order valence-electron chi connectivity index (χ4n) is 1.33. The highest BCUT2D eigenvalue weighted by Crippen LogP contribution is 2.22. The maximum atomic E-state index is 10.6. The highest BCUT2D eigenvalue weighted by molar-refractivity contribution is 7.99. The van der Waals surface area contributed by atoms with Crippen LogP contribution >= 0.6 is 11.8 Å². The van der Waals surface area contributed by atoms with Gasteiger partial charge in [-0.05, 0) is 32.9 Å². The largest absolute Gasteiger partial charge is 0.481 e. The van der Waals surface area contributed by atoms with Crippen LogP contribution in [0.1, 0.15) is 25.8 Å². The predicted octanol–water partition coefficient (Wildman–Crippen LogP) is 3.90. The quantitative estimate of drug-likeness (QED) is 0.636. The van der Waals surface area contributed by atoms with E-state index in [9.17, 15) is 4.79 Å². The van der Waals surface area contributed by atoms with E-state index in [4.69, 9.17) is 5.11 Å². The maximum Gasteiger partial charge on any atom is 0.307 e. The van der Waals surface area contributed by atoms with Crippen molar-refractivity contribution in [2.45, 2.75) is 32.1 Å². The van der Waals surface area contributed by atoms with Crippen LogP contribution in [0.3, 0.4) is 0 Å². The van der Waals surface area contributed by atoms with Crippen molar-refractivity contribution >= 4 is 17.7 Å². The van der Waals surface area contributed by atoms with E-state index < -0.39 is 5.97 Å². The Hall–Kier alpha value is -1.22. The van der Waals surface area contributed by atoms with Gasteiger partial charge < -0.3 is 5.11 Å². The van der Waals surface area contributed by atoms with Crippen molar-refractivity contribution in [2.24, 2.45) is 0 Å². The van der Waals surface area contributed by atoms with Gasteiger partial charge >= 0.3 is 5.97 Å². The second-order valence-corrected chi connectivity index (χ2v) is 5.28. The van der Waals surface area contributed by atoms with Crippen molar-refractivity contribution in [3.05, 3.63) is 41.0 Å². The van der Waals surface area contributed by atoms with Crippen LogP contribution in [0.2, 0.25) is 0 Å². The summed E-state index contributed by atoms with van der Waals surface area (Å²) in [6.45, 7) is 5.95. The van der Waals surface area contributed by atoms with Crippen molar-refractivity contribution in [2.75, 3.05) is 5.75 Å². The first-order valence-electron chi connectivity index (χ1n) is 5.55. The van der Waals surface area contributed by atoms with Gasteiger partial charge in [0.1, 0.15) is 0 Å². The number of rotatable bonds is 5. The molecule has 0 spiro atoms. The number of carbonyl (C=O) groups is 1. The molecule has 0 bridgehead atoms. The standard InChI is InChI=1S/C14H18O2S/c1-10-4-6-13(7-5-10)17-9-12(3)11(2)8-14(15)16/h4-7H,8-9H2,1-3H3,(H,15,16)/b12-11-. The average Bonchev–Trinajstić information content (AvgIpc) is 2.27. The molecule has 0 aromatic heterocycles. The Balaban J connectivity index is 2.55. The number of benzene rings is 1. The number of carboxylic acids is 1. The summed E-state index contributed by atoms with van der Waals surface area (Å²) >= 11 is 1.74. The van der Waals surface area contributed by atoms with Crippen LogP contribution in [0.25, 0.3) is 0 Å². The van der Waals surface area contributed by atoms with Crippen molar-refractivity contribution in [3.8, 4) is 0 Å². The Labute approximate surface area is 107 Å². The first-order valence-corrected chi connectivity index (χ1v) is 6.54. The lowest BCUT2D eigenvalue weighted by atomic mass is 10.1. The van der Waals surface area contributed by atoms with Gasteiger partial charge in [0.15, 0.2) is 0 Å². The number of hydrogen-bond donors (Lipinski definition) is 1. The molecule has 1 aromatic rings. The van der Waals surface area contributed by atoms with E-state index in [0.717, 1.165) is 16.9 Å². The van der Waals surface area contributed by atoms with E-state index in [-0.39, 0.29) is 6.42 Å². The lowest BCUT2D eigenvalue weighted by Gasteiger charge is -2.06. The fourth-order valence-corrected chi connectivity index (χ4v) is 2.29. The van der Waals surface area contributed by atoms with Crippen LogP contribution in [-0.4, -0.2) is 16.8 Å². The van der Waals surface area contributed by atoms with Gasteiger partial charge in [0, 0.05) is 10.6 Å². The van der Waals surface area contributed by atoms with Crippen molar-refractivity contribution in [1.29, 1.82) is 0 Å². The zero-order valence-electron chi connectivity index (χ0n) is 10.5. The van der Waals surface area contributed by atoms with Crippen molar-refractivity contribution < 1.29 is 9.90 Å². The average molecular weight is 250 g/mol. The molecule has 0 amide bonds. The smallest absolute Gasteiger partial charge is 0.307 e. The van der Waals surface area contributed by atoms with E-state index in [0.29, 0.717) is 0 Å². The molecule has 0 aliphatic heterocycles. The summed E-state index contributed by atoms with van der Waals surface area (Å²) < 4.78 is 0. The third-order valence-corrected chi connectivity index (χ3v) is 3.80. The molecule has 0 saturated carbocycles. The summed E-state index contributed by atoms with van der Waals surface area (Å²) in [5.41, 5.74) is 3.36. The van der Waals surface area contributed by atoms with Gasteiger partial charge in [-0.25, -0.2) is 0 Å². The molecule has 0 aliphatic carbocycles. The van der Waals surface area contributed by atoms with E-state index in [1.807, 2.05) is 13.8 Å². The van der Waals surface area contributed by atoms with Crippen LogP contribution < -0.4 is 0 Å². The topological polar surface area (TPSA) is 37.3 Å². The molecule has 0 heterocycles. The zero-order chi connectivity index (χ0) is 12.8. The van der Waals surface area contributed by atoms with E-state index in [1.54, 1.807) is 11.8 Å². The third kappa shape index (κ3) is 5.09. The highest BCUT2D eigenvalue weighted by Gasteiger charge is 2.03. The molecule has 2 nitrogen and oxygen atoms in total. The van der Waals surface area contributed by atoms with Gasteiger partial charge in [-0.15, -0.1) is 11.8 Å². The lowest BCUT2D eigenvalue weighted by molar-refractivity contribution is -0.136. The van der Waals surface area contributed by atoms with Gasteiger partial charge in [0.2, 0.25) is 0 Å². The fraction of sp³-hybridized carbons (Fsp3) is 0.357. The van der Waals surface area contributed by atoms with E-state index in [2.05, 4.69) is 31.2 Å².